The van der Waals surface area contributed by atoms with Crippen molar-refractivity contribution in [3.8, 4) is 67.4 Å². The van der Waals surface area contributed by atoms with Gasteiger partial charge in [-0.25, -0.2) is 0 Å². The first-order valence-electron chi connectivity index (χ1n) is 22.0. The maximum absolute atomic E-state index is 11.8. The van der Waals surface area contributed by atoms with Gasteiger partial charge in [-0.2, -0.15) is 0 Å². The van der Waals surface area contributed by atoms with Crippen LogP contribution in [0.3, 0.4) is 0 Å². The molecule has 0 aliphatic carbocycles. The number of aromatic nitrogens is 1. The SMILES string of the molecule is [B]c1c(Oc2ccccc2)cc(-c2cc(-n3c4ccccc4c4ccccc43)c3c(c2)oc2ccccc23)cc1-c1cc(-c2cccc(-c3cccc4c3oc3ccccc34)c2)ccc1O. The number of hydrogen-bond acceptors (Lipinski definition) is 4. The zero-order valence-electron chi connectivity index (χ0n) is 35.4. The molecule has 6 heteroatoms. The average molecular weight is 846 g/mol. The molecular weight excluding hydrogens is 809 g/mol. The number of nitrogens with zero attached hydrogens (tertiary/aromatic N) is 1. The number of para-hydroxylation sites is 6. The molecule has 66 heavy (non-hydrogen) atoms. The van der Waals surface area contributed by atoms with Gasteiger partial charge in [-0.1, -0.05) is 133 Å². The zero-order chi connectivity index (χ0) is 43.9. The lowest BCUT2D eigenvalue weighted by Gasteiger charge is -2.19. The van der Waals surface area contributed by atoms with E-state index >= 15 is 0 Å². The minimum absolute atomic E-state index is 0.0927. The quantitative estimate of drug-likeness (QED) is 0.162. The first-order valence-corrected chi connectivity index (χ1v) is 22.0. The highest BCUT2D eigenvalue weighted by atomic mass is 16.5. The fourth-order valence-electron chi connectivity index (χ4n) is 9.85. The Labute approximate surface area is 380 Å². The Morgan fingerprint density at radius 1 is 0.409 bits per heavy atom. The van der Waals surface area contributed by atoms with E-state index in [1.807, 2.05) is 84.9 Å². The van der Waals surface area contributed by atoms with E-state index in [4.69, 9.17) is 21.4 Å². The van der Waals surface area contributed by atoms with Crippen molar-refractivity contribution in [2.24, 2.45) is 0 Å². The number of rotatable bonds is 7. The zero-order valence-corrected chi connectivity index (χ0v) is 35.4. The highest BCUT2D eigenvalue weighted by Crippen LogP contribution is 2.44. The molecule has 13 aromatic rings. The maximum Gasteiger partial charge on any atom is 0.143 e. The third-order valence-electron chi connectivity index (χ3n) is 12.9. The minimum Gasteiger partial charge on any atom is -0.507 e. The van der Waals surface area contributed by atoms with Crippen molar-refractivity contribution < 1.29 is 18.7 Å². The molecule has 3 heterocycles. The molecule has 0 atom stereocenters. The van der Waals surface area contributed by atoms with E-state index in [0.717, 1.165) is 94.0 Å². The second-order valence-electron chi connectivity index (χ2n) is 16.8. The molecule has 10 aromatic carbocycles. The maximum atomic E-state index is 11.8. The summed E-state index contributed by atoms with van der Waals surface area (Å²) >= 11 is 0. The first kappa shape index (κ1) is 37.8. The largest absolute Gasteiger partial charge is 0.507 e. The lowest BCUT2D eigenvalue weighted by molar-refractivity contribution is 0.477. The van der Waals surface area contributed by atoms with Gasteiger partial charge >= 0.3 is 0 Å². The summed E-state index contributed by atoms with van der Waals surface area (Å²) in [6.07, 6.45) is 0. The molecule has 0 aliphatic rings. The number of ether oxygens (including phenoxy) is 1. The Morgan fingerprint density at radius 3 is 1.80 bits per heavy atom. The van der Waals surface area contributed by atoms with Crippen LogP contribution in [0.2, 0.25) is 0 Å². The summed E-state index contributed by atoms with van der Waals surface area (Å²) < 4.78 is 22.1. The summed E-state index contributed by atoms with van der Waals surface area (Å²) in [4.78, 5) is 0. The van der Waals surface area contributed by atoms with E-state index < -0.39 is 0 Å². The van der Waals surface area contributed by atoms with Gasteiger partial charge < -0.3 is 23.2 Å². The highest BCUT2D eigenvalue weighted by molar-refractivity contribution is 6.38. The normalized spacial score (nSPS) is 11.8. The van der Waals surface area contributed by atoms with Crippen LogP contribution in [-0.4, -0.2) is 17.5 Å². The predicted octanol–water partition coefficient (Wildman–Crippen LogP) is 15.5. The van der Waals surface area contributed by atoms with Crippen LogP contribution in [-0.2, 0) is 0 Å². The van der Waals surface area contributed by atoms with Crippen LogP contribution in [0.1, 0.15) is 0 Å². The summed E-state index contributed by atoms with van der Waals surface area (Å²) in [5, 5.41) is 18.3. The molecule has 0 saturated heterocycles. The number of aromatic hydroxyl groups is 1. The lowest BCUT2D eigenvalue weighted by atomic mass is 9.82. The average Bonchev–Trinajstić information content (AvgIpc) is 4.05. The van der Waals surface area contributed by atoms with Crippen molar-refractivity contribution in [1.29, 1.82) is 0 Å². The van der Waals surface area contributed by atoms with E-state index in [-0.39, 0.29) is 5.75 Å². The van der Waals surface area contributed by atoms with Crippen LogP contribution >= 0.6 is 0 Å². The highest BCUT2D eigenvalue weighted by Gasteiger charge is 2.22. The Bertz CT molecular complexity index is 4010. The van der Waals surface area contributed by atoms with Gasteiger partial charge in [0.25, 0.3) is 0 Å². The molecule has 0 unspecified atom stereocenters. The van der Waals surface area contributed by atoms with E-state index in [0.29, 0.717) is 28.1 Å². The van der Waals surface area contributed by atoms with E-state index in [1.54, 1.807) is 6.07 Å². The third kappa shape index (κ3) is 6.03. The standard InChI is InChI=1S/C60H36BNO4/c61-59-49(48-31-37(28-29-53(48)63)36-14-12-15-38(30-36)42-22-13-23-46-45-20-6-10-26-54(45)66-60(42)46)32-39(35-57(59)64-41-16-2-1-3-17-41)40-33-52(58-47-21-7-11-27-55(47)65-56(58)34-40)62-50-24-8-4-18-43(50)44-19-5-9-25-51(44)62/h1-35,63H. The van der Waals surface area contributed by atoms with Crippen LogP contribution in [0.4, 0.5) is 0 Å². The smallest absolute Gasteiger partial charge is 0.143 e. The molecular formula is C60H36BNO4. The Morgan fingerprint density at radius 2 is 1.02 bits per heavy atom. The van der Waals surface area contributed by atoms with Crippen molar-refractivity contribution in [1.82, 2.24) is 4.57 Å². The number of phenols is 1. The van der Waals surface area contributed by atoms with Gasteiger partial charge in [-0.15, -0.1) is 0 Å². The van der Waals surface area contributed by atoms with Gasteiger partial charge in [-0.05, 0) is 118 Å². The van der Waals surface area contributed by atoms with Crippen molar-refractivity contribution in [2.75, 3.05) is 0 Å². The number of benzene rings is 10. The van der Waals surface area contributed by atoms with Gasteiger partial charge in [0, 0.05) is 38.1 Å². The van der Waals surface area contributed by atoms with Crippen molar-refractivity contribution in [2.45, 2.75) is 0 Å². The van der Waals surface area contributed by atoms with Crippen LogP contribution in [0.15, 0.2) is 221 Å². The van der Waals surface area contributed by atoms with Gasteiger partial charge in [0.1, 0.15) is 47.4 Å². The van der Waals surface area contributed by atoms with Crippen LogP contribution in [0, 0.1) is 0 Å². The Balaban J connectivity index is 1.01. The third-order valence-corrected chi connectivity index (χ3v) is 12.9. The summed E-state index contributed by atoms with van der Waals surface area (Å²) in [7, 11) is 7.16. The van der Waals surface area contributed by atoms with Crippen molar-refractivity contribution in [3.05, 3.63) is 212 Å². The van der Waals surface area contributed by atoms with E-state index in [1.165, 1.54) is 10.8 Å². The van der Waals surface area contributed by atoms with E-state index in [2.05, 4.69) is 126 Å². The molecule has 0 amide bonds. The number of furan rings is 2. The van der Waals surface area contributed by atoms with Gasteiger partial charge in [-0.3, -0.25) is 0 Å². The molecule has 13 rings (SSSR count). The predicted molar refractivity (Wildman–Crippen MR) is 271 cm³/mol. The minimum atomic E-state index is 0.0927. The number of phenolic OH excluding ortho intramolecular Hbond substituents is 1. The molecule has 5 nitrogen and oxygen atoms in total. The second kappa shape index (κ2) is 14.9. The monoisotopic (exact) mass is 845 g/mol. The molecule has 2 radical (unpaired) electrons. The molecule has 3 aromatic heterocycles. The van der Waals surface area contributed by atoms with Gasteiger partial charge in [0.05, 0.1) is 22.1 Å². The topological polar surface area (TPSA) is 60.7 Å². The summed E-state index contributed by atoms with van der Waals surface area (Å²) in [6, 6.07) is 71.8. The van der Waals surface area contributed by atoms with Crippen LogP contribution in [0.5, 0.6) is 17.2 Å². The fourth-order valence-corrected chi connectivity index (χ4v) is 9.85. The second-order valence-corrected chi connectivity index (χ2v) is 16.8. The summed E-state index contributed by atoms with van der Waals surface area (Å²) in [5.41, 5.74) is 13.7. The molecule has 0 aliphatic heterocycles. The van der Waals surface area contributed by atoms with Crippen molar-refractivity contribution in [3.63, 3.8) is 0 Å². The van der Waals surface area contributed by atoms with Crippen LogP contribution in [0.25, 0.3) is 116 Å². The summed E-state index contributed by atoms with van der Waals surface area (Å²) in [6.45, 7) is 0. The summed E-state index contributed by atoms with van der Waals surface area (Å²) in [5.74, 6) is 1.19. The van der Waals surface area contributed by atoms with Gasteiger partial charge in [0.2, 0.25) is 0 Å². The lowest BCUT2D eigenvalue weighted by Crippen LogP contribution is -2.11. The molecule has 1 N–H and O–H groups in total. The van der Waals surface area contributed by atoms with Crippen LogP contribution < -0.4 is 10.2 Å². The molecule has 308 valence electrons. The number of hydrogen-bond donors (Lipinski definition) is 1. The van der Waals surface area contributed by atoms with E-state index in [9.17, 15) is 5.11 Å². The Hall–Kier alpha value is -8.74. The molecule has 0 bridgehead atoms. The molecule has 0 saturated carbocycles. The van der Waals surface area contributed by atoms with Gasteiger partial charge in [0.15, 0.2) is 0 Å². The first-order chi connectivity index (χ1) is 32.5. The molecule has 0 spiro atoms. The Kier molecular flexibility index (Phi) is 8.55. The number of fused-ring (bicyclic) bond motifs is 9. The molecule has 0 fully saturated rings. The van der Waals surface area contributed by atoms with Crippen molar-refractivity contribution >= 4 is 79.0 Å². The fraction of sp³-hybridized carbons (Fsp3) is 0.